The van der Waals surface area contributed by atoms with E-state index in [2.05, 4.69) is 4.90 Å². The van der Waals surface area contributed by atoms with E-state index in [1.54, 1.807) is 0 Å². The van der Waals surface area contributed by atoms with Crippen LogP contribution in [0.1, 0.15) is 51.4 Å². The van der Waals surface area contributed by atoms with Crippen molar-refractivity contribution >= 4 is 27.5 Å². The third-order valence-electron chi connectivity index (χ3n) is 6.86. The van der Waals surface area contributed by atoms with Crippen LogP contribution in [0.25, 0.3) is 0 Å². The molecule has 29 heavy (non-hydrogen) atoms. The Bertz CT molecular complexity index is 869. The van der Waals surface area contributed by atoms with Gasteiger partial charge >= 0.3 is 0 Å². The normalized spacial score (nSPS) is 26.9. The molecular weight excluding hydrogens is 415 g/mol. The van der Waals surface area contributed by atoms with Crippen LogP contribution in [0.15, 0.2) is 23.1 Å². The molecule has 2 heterocycles. The molecule has 1 amide bonds. The maximum atomic E-state index is 13.4. The smallest absolute Gasteiger partial charge is 0.243 e. The van der Waals surface area contributed by atoms with Crippen molar-refractivity contribution in [2.45, 2.75) is 62.3 Å². The molecule has 0 bridgehead atoms. The molecule has 1 aromatic rings. The maximum absolute atomic E-state index is 13.4. The van der Waals surface area contributed by atoms with Gasteiger partial charge in [-0.05, 0) is 62.6 Å². The van der Waals surface area contributed by atoms with E-state index in [1.807, 2.05) is 0 Å². The van der Waals surface area contributed by atoms with Gasteiger partial charge in [0.25, 0.3) is 0 Å². The van der Waals surface area contributed by atoms with E-state index in [-0.39, 0.29) is 21.7 Å². The minimum Gasteiger partial charge on any atom is -0.339 e. The zero-order valence-electron chi connectivity index (χ0n) is 16.5. The number of likely N-dealkylation sites (tertiary alicyclic amines) is 1. The largest absolute Gasteiger partial charge is 0.339 e. The summed E-state index contributed by atoms with van der Waals surface area (Å²) in [5.74, 6) is 0.102. The third kappa shape index (κ3) is 4.19. The fourth-order valence-corrected chi connectivity index (χ4v) is 7.00. The number of benzene rings is 1. The highest BCUT2D eigenvalue weighted by Crippen LogP contribution is 2.37. The number of carbonyl (C=O) groups is 1. The number of rotatable bonds is 3. The molecule has 3 aliphatic rings. The average Bonchev–Trinajstić information content (AvgIpc) is 2.74. The Hall–Kier alpha value is -1.18. The molecule has 1 aromatic carbocycles. The second-order valence-electron chi connectivity index (χ2n) is 8.54. The highest BCUT2D eigenvalue weighted by molar-refractivity contribution is 7.89. The minimum atomic E-state index is -3.74. The number of halogens is 2. The Morgan fingerprint density at radius 2 is 1.69 bits per heavy atom. The zero-order chi connectivity index (χ0) is 20.6. The SMILES string of the molecule is O=C(C1CCN(S(=O)(=O)c2ccc(F)c(Cl)c2)CC1)N1CCCC2CCCCC21. The molecule has 1 saturated carbocycles. The fraction of sp³-hybridized carbons (Fsp3) is 0.667. The summed E-state index contributed by atoms with van der Waals surface area (Å²) < 4.78 is 40.5. The first kappa shape index (κ1) is 21.1. The first-order valence-electron chi connectivity index (χ1n) is 10.6. The van der Waals surface area contributed by atoms with Gasteiger partial charge in [-0.15, -0.1) is 0 Å². The number of amides is 1. The lowest BCUT2D eigenvalue weighted by atomic mass is 9.77. The molecule has 2 saturated heterocycles. The van der Waals surface area contributed by atoms with Crippen molar-refractivity contribution in [2.75, 3.05) is 19.6 Å². The molecule has 2 unspecified atom stereocenters. The second kappa shape index (κ2) is 8.52. The number of piperidine rings is 2. The van der Waals surface area contributed by atoms with Crippen LogP contribution in [0.5, 0.6) is 0 Å². The lowest BCUT2D eigenvalue weighted by Crippen LogP contribution is -2.53. The van der Waals surface area contributed by atoms with Crippen LogP contribution < -0.4 is 0 Å². The van der Waals surface area contributed by atoms with E-state index in [0.717, 1.165) is 31.5 Å². The molecule has 0 N–H and O–H groups in total. The summed E-state index contributed by atoms with van der Waals surface area (Å²) in [5.41, 5.74) is 0. The molecule has 4 rings (SSSR count). The molecular formula is C21H28ClFN2O3S. The van der Waals surface area contributed by atoms with E-state index < -0.39 is 15.8 Å². The monoisotopic (exact) mass is 442 g/mol. The Balaban J connectivity index is 1.41. The molecule has 8 heteroatoms. The molecule has 3 fully saturated rings. The van der Waals surface area contributed by atoms with Gasteiger partial charge in [0.2, 0.25) is 15.9 Å². The quantitative estimate of drug-likeness (QED) is 0.709. The molecule has 1 aliphatic carbocycles. The molecule has 5 nitrogen and oxygen atoms in total. The van der Waals surface area contributed by atoms with Crippen LogP contribution in [0.3, 0.4) is 0 Å². The van der Waals surface area contributed by atoms with Crippen molar-refractivity contribution in [1.29, 1.82) is 0 Å². The summed E-state index contributed by atoms with van der Waals surface area (Å²) in [6.45, 7) is 1.44. The van der Waals surface area contributed by atoms with Gasteiger partial charge in [0.1, 0.15) is 5.82 Å². The van der Waals surface area contributed by atoms with Crippen LogP contribution in [0, 0.1) is 17.7 Å². The summed E-state index contributed by atoms with van der Waals surface area (Å²) in [7, 11) is -3.74. The van der Waals surface area contributed by atoms with Gasteiger partial charge < -0.3 is 4.90 Å². The molecule has 0 spiro atoms. The average molecular weight is 443 g/mol. The Morgan fingerprint density at radius 3 is 2.41 bits per heavy atom. The van der Waals surface area contributed by atoms with E-state index in [1.165, 1.54) is 36.1 Å². The number of sulfonamides is 1. The molecule has 2 atom stereocenters. The number of hydrogen-bond acceptors (Lipinski definition) is 3. The topological polar surface area (TPSA) is 57.7 Å². The Labute approximate surface area is 177 Å². The van der Waals surface area contributed by atoms with Crippen LogP contribution in [-0.2, 0) is 14.8 Å². The van der Waals surface area contributed by atoms with E-state index >= 15 is 0 Å². The lowest BCUT2D eigenvalue weighted by molar-refractivity contribution is -0.143. The van der Waals surface area contributed by atoms with Gasteiger partial charge in [0.15, 0.2) is 0 Å². The van der Waals surface area contributed by atoms with Crippen LogP contribution in [-0.4, -0.2) is 49.2 Å². The maximum Gasteiger partial charge on any atom is 0.243 e. The predicted molar refractivity (Wildman–Crippen MR) is 110 cm³/mol. The molecule has 0 radical (unpaired) electrons. The van der Waals surface area contributed by atoms with Crippen LogP contribution in [0.4, 0.5) is 4.39 Å². The number of carbonyl (C=O) groups excluding carboxylic acids is 1. The lowest BCUT2D eigenvalue weighted by Gasteiger charge is -2.46. The van der Waals surface area contributed by atoms with Crippen molar-refractivity contribution < 1.29 is 17.6 Å². The fourth-order valence-electron chi connectivity index (χ4n) is 5.26. The summed E-state index contributed by atoms with van der Waals surface area (Å²) in [6.07, 6.45) is 8.16. The van der Waals surface area contributed by atoms with Crippen molar-refractivity contribution in [3.63, 3.8) is 0 Å². The highest BCUT2D eigenvalue weighted by atomic mass is 35.5. The predicted octanol–water partition coefficient (Wildman–Crippen LogP) is 4.06. The van der Waals surface area contributed by atoms with E-state index in [4.69, 9.17) is 11.6 Å². The van der Waals surface area contributed by atoms with Crippen molar-refractivity contribution in [3.8, 4) is 0 Å². The molecule has 2 aliphatic heterocycles. The van der Waals surface area contributed by atoms with Gasteiger partial charge in [-0.3, -0.25) is 4.79 Å². The van der Waals surface area contributed by atoms with Gasteiger partial charge in [0, 0.05) is 31.6 Å². The van der Waals surface area contributed by atoms with Crippen molar-refractivity contribution in [3.05, 3.63) is 29.0 Å². The summed E-state index contributed by atoms with van der Waals surface area (Å²) in [4.78, 5) is 15.3. The first-order chi connectivity index (χ1) is 13.9. The third-order valence-corrected chi connectivity index (χ3v) is 9.04. The molecule has 0 aromatic heterocycles. The Kier molecular flexibility index (Phi) is 6.19. The van der Waals surface area contributed by atoms with Gasteiger partial charge in [-0.1, -0.05) is 24.4 Å². The number of nitrogens with zero attached hydrogens (tertiary/aromatic N) is 2. The van der Waals surface area contributed by atoms with E-state index in [0.29, 0.717) is 37.9 Å². The van der Waals surface area contributed by atoms with Crippen LogP contribution >= 0.6 is 11.6 Å². The number of hydrogen-bond donors (Lipinski definition) is 0. The second-order valence-corrected chi connectivity index (χ2v) is 10.9. The van der Waals surface area contributed by atoms with Gasteiger partial charge in [-0.25, -0.2) is 12.8 Å². The van der Waals surface area contributed by atoms with E-state index in [9.17, 15) is 17.6 Å². The van der Waals surface area contributed by atoms with Gasteiger partial charge in [-0.2, -0.15) is 4.31 Å². The summed E-state index contributed by atoms with van der Waals surface area (Å²) in [6, 6.07) is 3.85. The first-order valence-corrected chi connectivity index (χ1v) is 12.5. The standard InChI is InChI=1S/C21H28ClFN2O3S/c22-18-14-17(7-8-19(18)23)29(27,28)24-12-9-16(10-13-24)21(26)25-11-3-5-15-4-1-2-6-20(15)25/h7-8,14-16,20H,1-6,9-13H2. The summed E-state index contributed by atoms with van der Waals surface area (Å²) >= 11 is 5.76. The van der Waals surface area contributed by atoms with Crippen molar-refractivity contribution in [1.82, 2.24) is 9.21 Å². The summed E-state index contributed by atoms with van der Waals surface area (Å²) in [5, 5.41) is -0.205. The zero-order valence-corrected chi connectivity index (χ0v) is 18.1. The molecule has 160 valence electrons. The highest BCUT2D eigenvalue weighted by Gasteiger charge is 2.40. The van der Waals surface area contributed by atoms with Crippen molar-refractivity contribution in [2.24, 2.45) is 11.8 Å². The Morgan fingerprint density at radius 1 is 1.00 bits per heavy atom. The van der Waals surface area contributed by atoms with Gasteiger partial charge in [0.05, 0.1) is 9.92 Å². The number of fused-ring (bicyclic) bond motifs is 1. The minimum absolute atomic E-state index is 0.00486. The van der Waals surface area contributed by atoms with Crippen LogP contribution in [0.2, 0.25) is 5.02 Å².